The molecular formula is C69H107N21O17S. The first-order chi connectivity index (χ1) is 51.6. The second-order valence-electron chi connectivity index (χ2n) is 27.4. The summed E-state index contributed by atoms with van der Waals surface area (Å²) in [6.07, 6.45) is 6.13. The Kier molecular flexibility index (Phi) is 35.5. The number of carbonyl (C=O) groups is 14. The van der Waals surface area contributed by atoms with E-state index in [-0.39, 0.29) is 147 Å². The Morgan fingerprint density at radius 3 is 1.62 bits per heavy atom. The number of nitrogens with two attached hydrogens (primary N) is 5. The molecule has 596 valence electrons. The standard InChI is InChI=1S/C69H107N21O17S/c1-39(2)32-46(84-57(95)43(17-9-26-76-68(71)72)81-62(100)51-20-12-29-89(51)65(103)44(18-10-27-77-69(73)74)83-64(102)53-22-23-55(93)107-53)58(96)87-49(37-91)60(98)85-47(34-41-35-75-38-79-41)59(97)80-42(16-7-8-25-70)56(94)78-36-54(92)88-28-11-19-50(88)61(99)82-45(24-31-108-3)66(104)90-30-13-21-52(90)63(101)86-48(67(105)106)33-40-14-5-4-6-15-40/h4-6,14-15,35,38-39,42-53,91H,7-13,16-34,36-37,70H2,1-3H3,(H,75,79)(H,78,94)(H,80,97)(H,81,100)(H,82,99)(H,83,102)(H,84,95)(H,85,98)(H,86,101)(H,87,96)(H,105,106)(H4,71,72,76)(H4,73,74,77)/t42-,43-,44-,45-,46-,47-,48-,49-,50-,51-,52-,53-/m0/s1. The average Bonchev–Trinajstić information content (AvgIpc) is 1.65. The summed E-state index contributed by atoms with van der Waals surface area (Å²) >= 11 is 1.42. The largest absolute Gasteiger partial charge is 0.480 e. The summed E-state index contributed by atoms with van der Waals surface area (Å²) in [6.45, 7) is 2.53. The monoisotopic (exact) mass is 1530 g/mol. The van der Waals surface area contributed by atoms with Crippen LogP contribution in [0.15, 0.2) is 52.8 Å². The second-order valence-corrected chi connectivity index (χ2v) is 28.4. The minimum Gasteiger partial charge on any atom is -0.480 e. The number of carboxylic acid groups (broad SMARTS) is 1. The number of unbranched alkanes of at least 4 members (excludes halogenated alkanes) is 1. The van der Waals surface area contributed by atoms with E-state index in [1.165, 1.54) is 39.0 Å². The molecular weight excluding hydrogens is 1430 g/mol. The number of cyclic esters (lactones) is 1. The number of aromatic nitrogens is 2. The highest BCUT2D eigenvalue weighted by Crippen LogP contribution is 2.25. The molecule has 4 fully saturated rings. The molecule has 0 aliphatic carbocycles. The van der Waals surface area contributed by atoms with E-state index in [2.05, 4.69) is 67.8 Å². The van der Waals surface area contributed by atoms with Crippen molar-refractivity contribution in [2.75, 3.05) is 64.4 Å². The summed E-state index contributed by atoms with van der Waals surface area (Å²) in [5.74, 6) is -11.4. The number of aromatic amines is 1. The number of nitrogens with one attached hydrogen (secondary N) is 10. The number of carboxylic acids is 1. The van der Waals surface area contributed by atoms with Crippen LogP contribution in [0.3, 0.4) is 0 Å². The van der Waals surface area contributed by atoms with Crippen LogP contribution in [0.5, 0.6) is 0 Å². The molecule has 12 amide bonds. The number of aliphatic hydroxyl groups excluding tert-OH is 1. The summed E-state index contributed by atoms with van der Waals surface area (Å²) in [5.41, 5.74) is 29.0. The van der Waals surface area contributed by atoms with Crippen LogP contribution in [0.25, 0.3) is 0 Å². The molecule has 4 saturated heterocycles. The molecule has 0 radical (unpaired) electrons. The van der Waals surface area contributed by atoms with Crippen molar-refractivity contribution in [3.8, 4) is 0 Å². The number of thioether (sulfide) groups is 1. The minimum absolute atomic E-state index is 0.00690. The number of aliphatic hydroxyl groups is 1. The fraction of sp³-hybridized carbons (Fsp3) is 0.638. The molecule has 108 heavy (non-hydrogen) atoms. The maximum Gasteiger partial charge on any atom is 0.326 e. The van der Waals surface area contributed by atoms with E-state index in [1.54, 1.807) is 44.2 Å². The lowest BCUT2D eigenvalue weighted by Crippen LogP contribution is -2.61. The molecule has 12 atom stereocenters. The molecule has 4 aliphatic rings. The van der Waals surface area contributed by atoms with Crippen molar-refractivity contribution >= 4 is 107 Å². The number of carbonyl (C=O) groups excluding carboxylic acids is 13. The van der Waals surface area contributed by atoms with E-state index >= 15 is 0 Å². The Morgan fingerprint density at radius 1 is 0.593 bits per heavy atom. The van der Waals surface area contributed by atoms with E-state index < -0.39 is 169 Å². The van der Waals surface area contributed by atoms with Crippen molar-refractivity contribution < 1.29 is 82.1 Å². The highest BCUT2D eigenvalue weighted by Gasteiger charge is 2.44. The number of amides is 12. The summed E-state index contributed by atoms with van der Waals surface area (Å²) in [5, 5.41) is 44.4. The van der Waals surface area contributed by atoms with Gasteiger partial charge < -0.3 is 111 Å². The van der Waals surface area contributed by atoms with Crippen molar-refractivity contribution in [2.45, 2.75) is 208 Å². The van der Waals surface area contributed by atoms with Crippen LogP contribution >= 0.6 is 11.8 Å². The molecule has 0 bridgehead atoms. The van der Waals surface area contributed by atoms with Crippen molar-refractivity contribution in [3.63, 3.8) is 0 Å². The zero-order valence-electron chi connectivity index (χ0n) is 61.3. The number of aliphatic carboxylic acids is 1. The first-order valence-corrected chi connectivity index (χ1v) is 38.0. The van der Waals surface area contributed by atoms with Crippen LogP contribution < -0.4 is 76.5 Å². The quantitative estimate of drug-likeness (QED) is 0.0128. The fourth-order valence-electron chi connectivity index (χ4n) is 13.2. The molecule has 0 spiro atoms. The van der Waals surface area contributed by atoms with Gasteiger partial charge >= 0.3 is 11.9 Å². The summed E-state index contributed by atoms with van der Waals surface area (Å²) in [4.78, 5) is 213. The first-order valence-electron chi connectivity index (χ1n) is 36.6. The van der Waals surface area contributed by atoms with E-state index in [0.717, 1.165) is 0 Å². The van der Waals surface area contributed by atoms with Gasteiger partial charge in [-0.25, -0.2) is 9.78 Å². The van der Waals surface area contributed by atoms with Gasteiger partial charge in [-0.15, -0.1) is 0 Å². The minimum atomic E-state index is -1.77. The summed E-state index contributed by atoms with van der Waals surface area (Å²) < 4.78 is 5.12. The predicted octanol–water partition coefficient (Wildman–Crippen LogP) is -5.02. The normalized spacial score (nSPS) is 19.0. The molecule has 0 unspecified atom stereocenters. The molecule has 4 aliphatic heterocycles. The highest BCUT2D eigenvalue weighted by molar-refractivity contribution is 7.98. The smallest absolute Gasteiger partial charge is 0.326 e. The topological polar surface area (TPSA) is 590 Å². The predicted molar refractivity (Wildman–Crippen MR) is 394 cm³/mol. The van der Waals surface area contributed by atoms with Crippen LogP contribution in [-0.2, 0) is 84.7 Å². The van der Waals surface area contributed by atoms with Gasteiger partial charge in [-0.1, -0.05) is 44.2 Å². The number of ether oxygens (including phenoxy) is 1. The van der Waals surface area contributed by atoms with Gasteiger partial charge in [0.1, 0.15) is 66.5 Å². The lowest BCUT2D eigenvalue weighted by Gasteiger charge is -2.31. The SMILES string of the molecule is CSCC[C@H](NC(=O)[C@@H]1CCCN1C(=O)CNC(=O)[C@H](CCCCN)NC(=O)[C@H](Cc1cnc[nH]1)NC(=O)[C@H](CO)NC(=O)[C@H](CC(C)C)NC(=O)[C@H](CCCN=C(N)N)NC(=O)[C@@H]1CCCN1C(=O)[C@H](CCCN=C(N)N)NC(=O)[C@@H]1CCC(=O)O1)C(=O)N1CCC[C@H]1C(=O)N[C@@H](Cc1ccccc1)C(=O)O. The van der Waals surface area contributed by atoms with Crippen molar-refractivity contribution in [2.24, 2.45) is 44.6 Å². The number of hydrogen-bond donors (Lipinski definition) is 17. The zero-order chi connectivity index (χ0) is 79.0. The molecule has 22 N–H and O–H groups in total. The van der Waals surface area contributed by atoms with E-state index in [9.17, 15) is 77.3 Å². The van der Waals surface area contributed by atoms with Gasteiger partial charge in [0.2, 0.25) is 65.0 Å². The first kappa shape index (κ1) is 86.7. The molecule has 1 aromatic heterocycles. The number of imidazole rings is 1. The van der Waals surface area contributed by atoms with Crippen LogP contribution in [0.1, 0.15) is 134 Å². The fourth-order valence-corrected chi connectivity index (χ4v) is 13.6. The second kappa shape index (κ2) is 44.2. The van der Waals surface area contributed by atoms with Crippen molar-refractivity contribution in [3.05, 3.63) is 54.1 Å². The van der Waals surface area contributed by atoms with Crippen LogP contribution in [0.4, 0.5) is 0 Å². The zero-order valence-corrected chi connectivity index (χ0v) is 62.2. The van der Waals surface area contributed by atoms with Gasteiger partial charge in [-0.3, -0.25) is 72.3 Å². The Morgan fingerprint density at radius 2 is 1.08 bits per heavy atom. The maximum atomic E-state index is 14.5. The number of likely N-dealkylation sites (tertiary alicyclic amines) is 3. The van der Waals surface area contributed by atoms with Crippen molar-refractivity contribution in [1.29, 1.82) is 0 Å². The summed E-state index contributed by atoms with van der Waals surface area (Å²) in [6, 6.07) is -5.52. The number of aliphatic imine (C=N–C) groups is 2. The molecule has 38 nitrogen and oxygen atoms in total. The van der Waals surface area contributed by atoms with Gasteiger partial charge in [0, 0.05) is 70.3 Å². The highest BCUT2D eigenvalue weighted by atomic mass is 32.2. The molecule has 5 heterocycles. The van der Waals surface area contributed by atoms with Crippen molar-refractivity contribution in [1.82, 2.24) is 72.5 Å². The summed E-state index contributed by atoms with van der Waals surface area (Å²) in [7, 11) is 0. The van der Waals surface area contributed by atoms with E-state index in [4.69, 9.17) is 33.4 Å². The Labute approximate surface area is 630 Å². The van der Waals surface area contributed by atoms with E-state index in [1.807, 2.05) is 6.26 Å². The third-order valence-electron chi connectivity index (χ3n) is 18.8. The Balaban J connectivity index is 1.10. The third kappa shape index (κ3) is 27.2. The van der Waals surface area contributed by atoms with Crippen LogP contribution in [0.2, 0.25) is 0 Å². The van der Waals surface area contributed by atoms with Gasteiger partial charge in [0.05, 0.1) is 19.5 Å². The molecule has 0 saturated carbocycles. The molecule has 39 heteroatoms. The van der Waals surface area contributed by atoms with Crippen LogP contribution in [-0.4, -0.2) is 267 Å². The molecule has 1 aromatic carbocycles. The van der Waals surface area contributed by atoms with Gasteiger partial charge in [-0.05, 0) is 126 Å². The number of rotatable bonds is 44. The average molecular weight is 1530 g/mol. The van der Waals surface area contributed by atoms with Gasteiger partial charge in [0.25, 0.3) is 5.91 Å². The molecule has 2 aromatic rings. The number of guanidine groups is 2. The number of H-pyrrole nitrogens is 1. The van der Waals surface area contributed by atoms with E-state index in [0.29, 0.717) is 49.1 Å². The third-order valence-corrected chi connectivity index (χ3v) is 19.4. The molecule has 6 rings (SSSR count). The number of benzene rings is 1. The Hall–Kier alpha value is -10.2. The number of nitrogens with zero attached hydrogens (tertiary/aromatic N) is 6. The number of esters is 1. The Bertz CT molecular complexity index is 3470. The van der Waals surface area contributed by atoms with Crippen LogP contribution in [0, 0.1) is 5.92 Å². The number of hydrogen-bond acceptors (Lipinski definition) is 21. The lowest BCUT2D eigenvalue weighted by atomic mass is 10.0. The van der Waals surface area contributed by atoms with Gasteiger partial charge in [0.15, 0.2) is 18.0 Å². The van der Waals surface area contributed by atoms with Gasteiger partial charge in [-0.2, -0.15) is 11.8 Å². The lowest BCUT2D eigenvalue weighted by molar-refractivity contribution is -0.149. The maximum absolute atomic E-state index is 14.5.